The Morgan fingerprint density at radius 2 is 1.83 bits per heavy atom. The zero-order valence-corrected chi connectivity index (χ0v) is 35.4. The van der Waals surface area contributed by atoms with Gasteiger partial charge in [-0.2, -0.15) is 8.78 Å². The van der Waals surface area contributed by atoms with Crippen molar-refractivity contribution in [1.82, 2.24) is 30.2 Å². The van der Waals surface area contributed by atoms with Crippen molar-refractivity contribution in [1.29, 1.82) is 0 Å². The maximum absolute atomic E-state index is 14.9. The van der Waals surface area contributed by atoms with E-state index in [0.29, 0.717) is 41.7 Å². The molecule has 322 valence electrons. The summed E-state index contributed by atoms with van der Waals surface area (Å²) in [7, 11) is -2.74. The normalized spacial score (nSPS) is 30.6. The van der Waals surface area contributed by atoms with Gasteiger partial charge in [-0.15, -0.1) is 0 Å². The van der Waals surface area contributed by atoms with Crippen LogP contribution in [0.5, 0.6) is 11.6 Å². The van der Waals surface area contributed by atoms with Crippen LogP contribution < -0.4 is 24.8 Å². The molecule has 3 aliphatic carbocycles. The molecule has 59 heavy (non-hydrogen) atoms. The van der Waals surface area contributed by atoms with E-state index in [1.807, 2.05) is 11.6 Å². The Labute approximate surface area is 342 Å². The van der Waals surface area contributed by atoms with Crippen LogP contribution in [0.3, 0.4) is 0 Å². The van der Waals surface area contributed by atoms with Crippen molar-refractivity contribution in [2.45, 2.75) is 140 Å². The number of hydrogen-bond acceptors (Lipinski definition) is 11. The third-order valence-electron chi connectivity index (χ3n) is 13.0. The first-order valence-corrected chi connectivity index (χ1v) is 21.9. The molecule has 3 saturated carbocycles. The predicted octanol–water partition coefficient (Wildman–Crippen LogP) is 5.07. The molecule has 0 spiro atoms. The van der Waals surface area contributed by atoms with E-state index in [4.69, 9.17) is 24.2 Å². The first-order valence-electron chi connectivity index (χ1n) is 20.4. The fourth-order valence-corrected chi connectivity index (χ4v) is 9.86. The zero-order valence-electron chi connectivity index (χ0n) is 34.6. The molecule has 2 bridgehead atoms. The van der Waals surface area contributed by atoms with Gasteiger partial charge in [0.05, 0.1) is 29.4 Å². The largest absolute Gasteiger partial charge is 0.497 e. The SMILES string of the molecule is CC[C@@]12C[C@H]1CCCCCc1nc3ccc(OC)cc3nc1O[C@H]1CN(C(=O)[C@H](C(C)(C)C)NC(=O)O2)[C@H](C(=O)N[C@]2(C(=O)NS(=O)(=O)C3(C)CC3)CC2=C(F)F)[C@@H]1C. The molecule has 2 aromatic rings. The van der Waals surface area contributed by atoms with Gasteiger partial charge in [0.2, 0.25) is 27.7 Å². The standard InChI is InChI=1S/C41H54F2N6O9S/c1-8-40-19-23(40)12-10-9-11-13-27-34(45-28-18-24(56-7)14-15-26(28)44-27)57-29-21-49(35(51)31(38(3,4)5)46-37(53)58-40)30(22(29)2)33(50)47-41(20-25(41)32(42)43)36(52)48-59(54,55)39(6)16-17-39/h14-15,18,22-23,29-31H,8-13,16-17,19-21H2,1-7H3,(H,46,53)(H,47,50)(H,48,52)/t22-,23-,29+,30+,31-,40-,41-/m1/s1. The average molecular weight is 845 g/mol. The fraction of sp³-hybridized carbons (Fsp3) is 0.659. The highest BCUT2D eigenvalue weighted by molar-refractivity contribution is 7.91. The van der Waals surface area contributed by atoms with Crippen LogP contribution in [0.15, 0.2) is 29.9 Å². The molecular weight excluding hydrogens is 791 g/mol. The van der Waals surface area contributed by atoms with E-state index in [1.165, 1.54) is 18.9 Å². The van der Waals surface area contributed by atoms with Crippen LogP contribution in [0.1, 0.15) is 105 Å². The number of alkyl carbamates (subject to hydrolysis) is 1. The maximum Gasteiger partial charge on any atom is 0.408 e. The molecule has 5 aliphatic rings. The Hall–Kier alpha value is -4.61. The molecule has 18 heteroatoms. The molecule has 1 aromatic heterocycles. The topological polar surface area (TPSA) is 195 Å². The number of aryl methyl sites for hydroxylation is 1. The molecule has 1 saturated heterocycles. The lowest BCUT2D eigenvalue weighted by atomic mass is 9.85. The molecule has 15 nitrogen and oxygen atoms in total. The Morgan fingerprint density at radius 1 is 1.10 bits per heavy atom. The summed E-state index contributed by atoms with van der Waals surface area (Å²) in [5.74, 6) is -2.93. The Bertz CT molecular complexity index is 2210. The fourth-order valence-electron chi connectivity index (χ4n) is 8.56. The summed E-state index contributed by atoms with van der Waals surface area (Å²) in [5, 5.41) is 5.21. The number of hydrogen-bond donors (Lipinski definition) is 3. The number of carbonyl (C=O) groups is 4. The number of fused-ring (bicyclic) bond motifs is 5. The monoisotopic (exact) mass is 844 g/mol. The van der Waals surface area contributed by atoms with Crippen molar-refractivity contribution in [3.63, 3.8) is 0 Å². The van der Waals surface area contributed by atoms with Gasteiger partial charge in [0.25, 0.3) is 12.0 Å². The summed E-state index contributed by atoms with van der Waals surface area (Å²) < 4.78 is 73.3. The lowest BCUT2D eigenvalue weighted by Crippen LogP contribution is -2.61. The summed E-state index contributed by atoms with van der Waals surface area (Å²) in [5.41, 5.74) is -3.01. The van der Waals surface area contributed by atoms with Crippen molar-refractivity contribution in [3.05, 3.63) is 35.5 Å². The number of benzene rings is 1. The number of methoxy groups -OCH3 is 1. The third-order valence-corrected chi connectivity index (χ3v) is 15.2. The minimum absolute atomic E-state index is 0.158. The molecule has 4 fully saturated rings. The molecule has 3 heterocycles. The first-order chi connectivity index (χ1) is 27.7. The van der Waals surface area contributed by atoms with Crippen LogP contribution in [0.4, 0.5) is 13.6 Å². The van der Waals surface area contributed by atoms with Crippen molar-refractivity contribution in [3.8, 4) is 11.6 Å². The summed E-state index contributed by atoms with van der Waals surface area (Å²) in [4.78, 5) is 67.7. The molecule has 4 amide bonds. The quantitative estimate of drug-likeness (QED) is 0.337. The molecule has 7 rings (SSSR count). The molecule has 0 unspecified atom stereocenters. The number of nitrogens with one attached hydrogen (secondary N) is 3. The second-order valence-corrected chi connectivity index (χ2v) is 20.4. The van der Waals surface area contributed by atoms with E-state index in [2.05, 4.69) is 10.6 Å². The van der Waals surface area contributed by atoms with Crippen LogP contribution in [0.2, 0.25) is 0 Å². The van der Waals surface area contributed by atoms with E-state index in [1.54, 1.807) is 45.9 Å². The lowest BCUT2D eigenvalue weighted by molar-refractivity contribution is -0.143. The number of halogens is 2. The Balaban J connectivity index is 1.27. The summed E-state index contributed by atoms with van der Waals surface area (Å²) in [6.45, 7) is 10.1. The van der Waals surface area contributed by atoms with E-state index in [9.17, 15) is 36.4 Å². The van der Waals surface area contributed by atoms with Crippen LogP contribution in [0, 0.1) is 17.3 Å². The van der Waals surface area contributed by atoms with Crippen LogP contribution >= 0.6 is 0 Å². The number of amides is 4. The van der Waals surface area contributed by atoms with Gasteiger partial charge in [-0.05, 0) is 69.4 Å². The Morgan fingerprint density at radius 3 is 2.46 bits per heavy atom. The number of nitrogens with zero attached hydrogens (tertiary/aromatic N) is 3. The highest BCUT2D eigenvalue weighted by Crippen LogP contribution is 2.53. The molecular formula is C41H54F2N6O9S. The Kier molecular flexibility index (Phi) is 10.9. The smallest absolute Gasteiger partial charge is 0.408 e. The molecule has 0 radical (unpaired) electrons. The van der Waals surface area contributed by atoms with Gasteiger partial charge in [0, 0.05) is 29.9 Å². The number of rotatable bonds is 7. The summed E-state index contributed by atoms with van der Waals surface area (Å²) in [6, 6.07) is 2.63. The molecule has 3 N–H and O–H groups in total. The predicted molar refractivity (Wildman–Crippen MR) is 211 cm³/mol. The molecule has 7 atom stereocenters. The van der Waals surface area contributed by atoms with E-state index in [-0.39, 0.29) is 31.2 Å². The van der Waals surface area contributed by atoms with Crippen LogP contribution in [-0.2, 0) is 35.6 Å². The second-order valence-electron chi connectivity index (χ2n) is 18.2. The van der Waals surface area contributed by atoms with Crippen LogP contribution in [0.25, 0.3) is 11.0 Å². The summed E-state index contributed by atoms with van der Waals surface area (Å²) in [6.07, 6.45) is 1.17. The van der Waals surface area contributed by atoms with E-state index in [0.717, 1.165) is 25.7 Å². The minimum atomic E-state index is -4.27. The lowest BCUT2D eigenvalue weighted by Gasteiger charge is -2.36. The van der Waals surface area contributed by atoms with Gasteiger partial charge in [-0.1, -0.05) is 47.5 Å². The van der Waals surface area contributed by atoms with Crippen molar-refractivity contribution < 1.29 is 50.6 Å². The minimum Gasteiger partial charge on any atom is -0.497 e. The number of aromatic nitrogens is 2. The van der Waals surface area contributed by atoms with E-state index < -0.39 is 97.3 Å². The second kappa shape index (κ2) is 15.1. The van der Waals surface area contributed by atoms with Crippen molar-refractivity contribution in [2.75, 3.05) is 13.7 Å². The zero-order chi connectivity index (χ0) is 42.9. The van der Waals surface area contributed by atoms with Crippen molar-refractivity contribution >= 4 is 44.9 Å². The number of sulfonamides is 1. The van der Waals surface area contributed by atoms with Gasteiger partial charge in [-0.25, -0.2) is 23.2 Å². The number of ether oxygens (including phenoxy) is 3. The van der Waals surface area contributed by atoms with Gasteiger partial charge >= 0.3 is 6.09 Å². The van der Waals surface area contributed by atoms with Crippen LogP contribution in [-0.4, -0.2) is 94.8 Å². The van der Waals surface area contributed by atoms with Gasteiger partial charge in [0.15, 0.2) is 5.54 Å². The van der Waals surface area contributed by atoms with Gasteiger partial charge < -0.3 is 29.7 Å². The summed E-state index contributed by atoms with van der Waals surface area (Å²) >= 11 is 0. The number of carbonyl (C=O) groups excluding carboxylic acids is 4. The highest BCUT2D eigenvalue weighted by atomic mass is 32.2. The van der Waals surface area contributed by atoms with E-state index >= 15 is 0 Å². The first kappa shape index (κ1) is 42.5. The maximum atomic E-state index is 14.9. The van der Waals surface area contributed by atoms with Gasteiger partial charge in [0.1, 0.15) is 35.2 Å². The third kappa shape index (κ3) is 8.04. The van der Waals surface area contributed by atoms with Crippen molar-refractivity contribution in [2.24, 2.45) is 17.3 Å². The molecule has 2 aliphatic heterocycles. The average Bonchev–Trinajstić information content (AvgIpc) is 4.12. The van der Waals surface area contributed by atoms with Gasteiger partial charge in [-0.3, -0.25) is 19.1 Å². The highest BCUT2D eigenvalue weighted by Gasteiger charge is 2.64. The molecule has 1 aromatic carbocycles.